The van der Waals surface area contributed by atoms with Crippen LogP contribution in [0.3, 0.4) is 0 Å². The van der Waals surface area contributed by atoms with E-state index in [-0.39, 0.29) is 0 Å². The number of unbranched alkanes of at least 4 members (excludes halogenated alkanes) is 9. The Morgan fingerprint density at radius 3 is 1.95 bits per heavy atom. The van der Waals surface area contributed by atoms with Crippen molar-refractivity contribution in [2.24, 2.45) is 0 Å². The van der Waals surface area contributed by atoms with Crippen molar-refractivity contribution in [3.63, 3.8) is 0 Å². The van der Waals surface area contributed by atoms with Gasteiger partial charge >= 0.3 is 0 Å². The normalized spacial score (nSPS) is 19.1. The van der Waals surface area contributed by atoms with Gasteiger partial charge in [-0.25, -0.2) is 0 Å². The van der Waals surface area contributed by atoms with Crippen LogP contribution in [-0.4, -0.2) is 37.1 Å². The van der Waals surface area contributed by atoms with Gasteiger partial charge in [-0.2, -0.15) is 0 Å². The van der Waals surface area contributed by atoms with Gasteiger partial charge in [-0.3, -0.25) is 4.90 Å². The average molecular weight is 283 g/mol. The molecule has 0 aliphatic carbocycles. The van der Waals surface area contributed by atoms with E-state index in [9.17, 15) is 0 Å². The number of nitrogens with zero attached hydrogens (tertiary/aromatic N) is 1. The van der Waals surface area contributed by atoms with E-state index in [2.05, 4.69) is 24.1 Å². The summed E-state index contributed by atoms with van der Waals surface area (Å²) < 4.78 is 0. The van der Waals surface area contributed by atoms with E-state index in [1.165, 1.54) is 96.8 Å². The van der Waals surface area contributed by atoms with Crippen LogP contribution in [0.15, 0.2) is 0 Å². The lowest BCUT2D eigenvalue weighted by molar-refractivity contribution is 0.214. The zero-order valence-corrected chi connectivity index (χ0v) is 14.1. The van der Waals surface area contributed by atoms with Gasteiger partial charge in [0.1, 0.15) is 0 Å². The van der Waals surface area contributed by atoms with Crippen LogP contribution in [0.4, 0.5) is 0 Å². The molecule has 1 fully saturated rings. The second-order valence-electron chi connectivity index (χ2n) is 6.46. The maximum absolute atomic E-state index is 3.48. The molecule has 1 N–H and O–H groups in total. The minimum Gasteiger partial charge on any atom is -0.315 e. The molecule has 0 amide bonds. The van der Waals surface area contributed by atoms with Gasteiger partial charge in [0.15, 0.2) is 0 Å². The van der Waals surface area contributed by atoms with Gasteiger partial charge in [0.05, 0.1) is 0 Å². The fraction of sp³-hybridized carbons (Fsp3) is 1.00. The van der Waals surface area contributed by atoms with Gasteiger partial charge in [-0.1, -0.05) is 71.6 Å². The first-order chi connectivity index (χ1) is 9.88. The lowest BCUT2D eigenvalue weighted by atomic mass is 10.1. The summed E-state index contributed by atoms with van der Waals surface area (Å²) in [6.45, 7) is 9.59. The minimum absolute atomic E-state index is 0.818. The van der Waals surface area contributed by atoms with Gasteiger partial charge < -0.3 is 5.32 Å². The van der Waals surface area contributed by atoms with Crippen LogP contribution in [0.5, 0.6) is 0 Å². The summed E-state index contributed by atoms with van der Waals surface area (Å²) in [7, 11) is 0. The molecular formula is C18H38N2. The molecule has 2 nitrogen and oxygen atoms in total. The zero-order chi connectivity index (χ0) is 14.5. The number of hydrogen-bond donors (Lipinski definition) is 1. The molecule has 1 rings (SSSR count). The standard InChI is InChI=1S/C18H38N2/c1-3-5-6-7-8-9-10-11-12-13-16-20(4-2)18-14-15-19-17-18/h18-19H,3-17H2,1-2H3. The molecule has 1 heterocycles. The Balaban J connectivity index is 1.85. The predicted octanol–water partition coefficient (Wildman–Crippen LogP) is 4.59. The molecule has 0 spiro atoms. The Hall–Kier alpha value is -0.0800. The molecule has 0 saturated carbocycles. The zero-order valence-electron chi connectivity index (χ0n) is 14.1. The lowest BCUT2D eigenvalue weighted by Gasteiger charge is -2.26. The SMILES string of the molecule is CCCCCCCCCCCCN(CC)C1CCNC1. The van der Waals surface area contributed by atoms with Gasteiger partial charge in [0.25, 0.3) is 0 Å². The van der Waals surface area contributed by atoms with Gasteiger partial charge in [-0.15, -0.1) is 0 Å². The summed E-state index contributed by atoms with van der Waals surface area (Å²) in [5, 5.41) is 3.48. The predicted molar refractivity (Wildman–Crippen MR) is 90.4 cm³/mol. The Morgan fingerprint density at radius 1 is 0.850 bits per heavy atom. The fourth-order valence-electron chi connectivity index (χ4n) is 3.35. The van der Waals surface area contributed by atoms with Crippen molar-refractivity contribution < 1.29 is 0 Å². The van der Waals surface area contributed by atoms with E-state index in [1.54, 1.807) is 0 Å². The molecule has 1 aliphatic heterocycles. The Bertz CT molecular complexity index is 200. The summed E-state index contributed by atoms with van der Waals surface area (Å²) in [6.07, 6.45) is 15.8. The van der Waals surface area contributed by atoms with E-state index >= 15 is 0 Å². The van der Waals surface area contributed by atoms with Crippen LogP contribution >= 0.6 is 0 Å². The first kappa shape index (κ1) is 18.0. The molecule has 2 heteroatoms. The van der Waals surface area contributed by atoms with Crippen molar-refractivity contribution in [1.29, 1.82) is 0 Å². The van der Waals surface area contributed by atoms with Crippen molar-refractivity contribution in [3.8, 4) is 0 Å². The molecule has 0 aromatic carbocycles. The van der Waals surface area contributed by atoms with Crippen LogP contribution in [-0.2, 0) is 0 Å². The highest BCUT2D eigenvalue weighted by Crippen LogP contribution is 2.13. The Kier molecular flexibility index (Phi) is 11.4. The Morgan fingerprint density at radius 2 is 1.45 bits per heavy atom. The number of hydrogen-bond acceptors (Lipinski definition) is 2. The second kappa shape index (κ2) is 12.6. The molecule has 20 heavy (non-hydrogen) atoms. The highest BCUT2D eigenvalue weighted by molar-refractivity contribution is 4.79. The maximum Gasteiger partial charge on any atom is 0.0232 e. The molecule has 1 unspecified atom stereocenters. The topological polar surface area (TPSA) is 15.3 Å². The van der Waals surface area contributed by atoms with E-state index < -0.39 is 0 Å². The van der Waals surface area contributed by atoms with E-state index in [0.29, 0.717) is 0 Å². The number of likely N-dealkylation sites (N-methyl/N-ethyl adjacent to an activating group) is 1. The van der Waals surface area contributed by atoms with E-state index in [0.717, 1.165) is 6.04 Å². The highest BCUT2D eigenvalue weighted by atomic mass is 15.2. The maximum atomic E-state index is 3.48. The minimum atomic E-state index is 0.818. The van der Waals surface area contributed by atoms with Gasteiger partial charge in [-0.05, 0) is 32.5 Å². The van der Waals surface area contributed by atoms with E-state index in [1.807, 2.05) is 0 Å². The molecule has 120 valence electrons. The smallest absolute Gasteiger partial charge is 0.0232 e. The molecule has 1 saturated heterocycles. The number of rotatable bonds is 13. The van der Waals surface area contributed by atoms with Gasteiger partial charge in [0, 0.05) is 12.6 Å². The lowest BCUT2D eigenvalue weighted by Crippen LogP contribution is -2.37. The second-order valence-corrected chi connectivity index (χ2v) is 6.46. The third kappa shape index (κ3) is 8.26. The van der Waals surface area contributed by atoms with Crippen LogP contribution < -0.4 is 5.32 Å². The van der Waals surface area contributed by atoms with Crippen molar-refractivity contribution in [2.75, 3.05) is 26.2 Å². The molecule has 0 radical (unpaired) electrons. The van der Waals surface area contributed by atoms with Crippen molar-refractivity contribution in [2.45, 2.75) is 90.5 Å². The van der Waals surface area contributed by atoms with Crippen LogP contribution in [0.1, 0.15) is 84.5 Å². The van der Waals surface area contributed by atoms with Crippen LogP contribution in [0.25, 0.3) is 0 Å². The summed E-state index contributed by atoms with van der Waals surface area (Å²) in [5.41, 5.74) is 0. The quantitative estimate of drug-likeness (QED) is 0.497. The largest absolute Gasteiger partial charge is 0.315 e. The third-order valence-electron chi connectivity index (χ3n) is 4.76. The Labute approximate surface area is 127 Å². The molecule has 1 atom stereocenters. The molecular weight excluding hydrogens is 244 g/mol. The van der Waals surface area contributed by atoms with Crippen LogP contribution in [0, 0.1) is 0 Å². The van der Waals surface area contributed by atoms with Crippen molar-refractivity contribution >= 4 is 0 Å². The van der Waals surface area contributed by atoms with Crippen LogP contribution in [0.2, 0.25) is 0 Å². The first-order valence-corrected chi connectivity index (χ1v) is 9.33. The monoisotopic (exact) mass is 282 g/mol. The third-order valence-corrected chi connectivity index (χ3v) is 4.76. The van der Waals surface area contributed by atoms with Gasteiger partial charge in [0.2, 0.25) is 0 Å². The van der Waals surface area contributed by atoms with Crippen molar-refractivity contribution in [1.82, 2.24) is 10.2 Å². The molecule has 0 aromatic heterocycles. The first-order valence-electron chi connectivity index (χ1n) is 9.33. The molecule has 1 aliphatic rings. The average Bonchev–Trinajstić information content (AvgIpc) is 2.99. The summed E-state index contributed by atoms with van der Waals surface area (Å²) in [6, 6.07) is 0.818. The summed E-state index contributed by atoms with van der Waals surface area (Å²) in [4.78, 5) is 2.69. The summed E-state index contributed by atoms with van der Waals surface area (Å²) in [5.74, 6) is 0. The summed E-state index contributed by atoms with van der Waals surface area (Å²) >= 11 is 0. The number of nitrogens with one attached hydrogen (secondary N) is 1. The fourth-order valence-corrected chi connectivity index (χ4v) is 3.35. The van der Waals surface area contributed by atoms with E-state index in [4.69, 9.17) is 0 Å². The highest BCUT2D eigenvalue weighted by Gasteiger charge is 2.19. The molecule has 0 aromatic rings. The molecule has 0 bridgehead atoms. The van der Waals surface area contributed by atoms with Crippen molar-refractivity contribution in [3.05, 3.63) is 0 Å².